The Labute approximate surface area is 164 Å². The van der Waals surface area contributed by atoms with Crippen molar-refractivity contribution in [3.8, 4) is 0 Å². The Bertz CT molecular complexity index is 863. The molecule has 10 heteroatoms. The minimum Gasteiger partial charge on any atom is -0.444 e. The summed E-state index contributed by atoms with van der Waals surface area (Å²) in [6.07, 6.45) is -4.87. The molecule has 2 aromatic rings. The van der Waals surface area contributed by atoms with E-state index >= 15 is 0 Å². The molecule has 1 saturated heterocycles. The fourth-order valence-electron chi connectivity index (χ4n) is 2.97. The molecule has 2 heterocycles. The summed E-state index contributed by atoms with van der Waals surface area (Å²) in [5.41, 5.74) is -0.866. The van der Waals surface area contributed by atoms with Crippen LogP contribution >= 0.6 is 11.3 Å². The summed E-state index contributed by atoms with van der Waals surface area (Å²) in [6, 6.07) is 3.03. The van der Waals surface area contributed by atoms with Crippen LogP contribution in [0, 0.1) is 0 Å². The van der Waals surface area contributed by atoms with Gasteiger partial charge in [-0.15, -0.1) is 0 Å². The number of fused-ring (bicyclic) bond motifs is 1. The van der Waals surface area contributed by atoms with Gasteiger partial charge in [0, 0.05) is 19.6 Å². The maximum Gasteiger partial charge on any atom is 0.416 e. The number of hydrogen-bond acceptors (Lipinski definition) is 6. The molecular weight excluding hydrogens is 395 g/mol. The number of alkyl halides is 3. The highest BCUT2D eigenvalue weighted by Crippen LogP contribution is 2.36. The number of aliphatic hydroxyl groups excluding tert-OH is 1. The first-order valence-corrected chi connectivity index (χ1v) is 9.63. The Balaban J connectivity index is 1.79. The fraction of sp³-hybridized carbons (Fsp3) is 0.556. The van der Waals surface area contributed by atoms with Crippen molar-refractivity contribution in [2.75, 3.05) is 31.1 Å². The molecule has 1 aromatic carbocycles. The summed E-state index contributed by atoms with van der Waals surface area (Å²) in [7, 11) is 0. The van der Waals surface area contributed by atoms with Crippen molar-refractivity contribution in [3.05, 3.63) is 23.8 Å². The van der Waals surface area contributed by atoms with Gasteiger partial charge in [0.05, 0.1) is 28.4 Å². The molecule has 0 unspecified atom stereocenters. The molecule has 28 heavy (non-hydrogen) atoms. The van der Waals surface area contributed by atoms with E-state index in [0.29, 0.717) is 28.4 Å². The number of rotatable bonds is 2. The quantitative estimate of drug-likeness (QED) is 0.807. The maximum absolute atomic E-state index is 12.9. The van der Waals surface area contributed by atoms with Crippen LogP contribution in [0.1, 0.15) is 26.3 Å². The van der Waals surface area contributed by atoms with E-state index in [9.17, 15) is 23.1 Å². The van der Waals surface area contributed by atoms with E-state index in [2.05, 4.69) is 4.98 Å². The second-order valence-corrected chi connectivity index (χ2v) is 8.64. The fourth-order valence-corrected chi connectivity index (χ4v) is 4.07. The minimum absolute atomic E-state index is 0.219. The number of halogens is 3. The van der Waals surface area contributed by atoms with Gasteiger partial charge < -0.3 is 19.6 Å². The van der Waals surface area contributed by atoms with Gasteiger partial charge in [-0.3, -0.25) is 0 Å². The summed E-state index contributed by atoms with van der Waals surface area (Å²) < 4.78 is 44.6. The molecule has 1 aromatic heterocycles. The van der Waals surface area contributed by atoms with Crippen LogP contribution in [0.5, 0.6) is 0 Å². The van der Waals surface area contributed by atoms with Gasteiger partial charge in [0.25, 0.3) is 0 Å². The Hall–Kier alpha value is -2.07. The summed E-state index contributed by atoms with van der Waals surface area (Å²) >= 11 is 1.14. The highest BCUT2D eigenvalue weighted by atomic mass is 32.1. The number of aliphatic hydroxyl groups is 1. The monoisotopic (exact) mass is 417 g/mol. The number of carbonyl (C=O) groups excluding carboxylic acids is 1. The van der Waals surface area contributed by atoms with Crippen LogP contribution in [0.25, 0.3) is 10.2 Å². The predicted octanol–water partition coefficient (Wildman–Crippen LogP) is 3.73. The van der Waals surface area contributed by atoms with Gasteiger partial charge in [-0.25, -0.2) is 9.78 Å². The third kappa shape index (κ3) is 4.49. The molecule has 1 aliphatic rings. The van der Waals surface area contributed by atoms with E-state index in [0.717, 1.165) is 23.5 Å². The SMILES string of the molecule is CC(C)(C)OC(=O)N1CCN(c2nc3ccc(C(F)(F)F)cc3s2)[C@H](CO)C1. The van der Waals surface area contributed by atoms with Gasteiger partial charge in [0.15, 0.2) is 5.13 Å². The van der Waals surface area contributed by atoms with E-state index in [1.54, 1.807) is 20.8 Å². The lowest BCUT2D eigenvalue weighted by molar-refractivity contribution is -0.137. The Morgan fingerprint density at radius 2 is 2.04 bits per heavy atom. The van der Waals surface area contributed by atoms with E-state index in [1.165, 1.54) is 11.0 Å². The number of thiazole rings is 1. The number of anilines is 1. The molecule has 0 radical (unpaired) electrons. The maximum atomic E-state index is 12.9. The zero-order chi connectivity index (χ0) is 20.7. The van der Waals surface area contributed by atoms with Crippen molar-refractivity contribution in [2.24, 2.45) is 0 Å². The second-order valence-electron chi connectivity index (χ2n) is 7.63. The lowest BCUT2D eigenvalue weighted by Gasteiger charge is -2.40. The van der Waals surface area contributed by atoms with Crippen LogP contribution in [0.3, 0.4) is 0 Å². The molecule has 0 bridgehead atoms. The molecule has 0 spiro atoms. The first-order chi connectivity index (χ1) is 13.0. The molecular formula is C18H22F3N3O3S. The summed E-state index contributed by atoms with van der Waals surface area (Å²) in [5.74, 6) is 0. The molecule has 3 rings (SSSR count). The number of aromatic nitrogens is 1. The van der Waals surface area contributed by atoms with Crippen LogP contribution in [0.2, 0.25) is 0 Å². The molecule has 1 amide bonds. The first-order valence-electron chi connectivity index (χ1n) is 8.81. The highest BCUT2D eigenvalue weighted by molar-refractivity contribution is 7.22. The topological polar surface area (TPSA) is 65.9 Å². The summed E-state index contributed by atoms with van der Waals surface area (Å²) in [6.45, 7) is 6.13. The molecule has 1 atom stereocenters. The predicted molar refractivity (Wildman–Crippen MR) is 101 cm³/mol. The molecule has 0 saturated carbocycles. The van der Waals surface area contributed by atoms with Gasteiger partial charge in [-0.1, -0.05) is 11.3 Å². The molecule has 154 valence electrons. The van der Waals surface area contributed by atoms with Crippen LogP contribution in [-0.4, -0.2) is 59.0 Å². The van der Waals surface area contributed by atoms with E-state index in [-0.39, 0.29) is 13.2 Å². The number of piperazine rings is 1. The average molecular weight is 417 g/mol. The van der Waals surface area contributed by atoms with Crippen molar-refractivity contribution >= 4 is 32.8 Å². The number of benzene rings is 1. The number of carbonyl (C=O) groups is 1. The molecule has 1 N–H and O–H groups in total. The van der Waals surface area contributed by atoms with Crippen LogP contribution in [-0.2, 0) is 10.9 Å². The van der Waals surface area contributed by atoms with Crippen molar-refractivity contribution in [2.45, 2.75) is 38.6 Å². The zero-order valence-corrected chi connectivity index (χ0v) is 16.6. The van der Waals surface area contributed by atoms with Gasteiger partial charge in [0.2, 0.25) is 0 Å². The smallest absolute Gasteiger partial charge is 0.416 e. The second kappa shape index (κ2) is 7.40. The van der Waals surface area contributed by atoms with Crippen molar-refractivity contribution in [1.29, 1.82) is 0 Å². The Morgan fingerprint density at radius 1 is 1.32 bits per heavy atom. The minimum atomic E-state index is -4.41. The number of ether oxygens (including phenoxy) is 1. The Morgan fingerprint density at radius 3 is 2.64 bits per heavy atom. The standard InChI is InChI=1S/C18H22F3N3O3S/c1-17(2,3)27-16(26)23-6-7-24(12(9-23)10-25)15-22-13-5-4-11(18(19,20)21)8-14(13)28-15/h4-5,8,12,25H,6-7,9-10H2,1-3H3/t12-/m0/s1. The van der Waals surface area contributed by atoms with Crippen molar-refractivity contribution in [3.63, 3.8) is 0 Å². The normalized spacial score (nSPS) is 18.6. The lowest BCUT2D eigenvalue weighted by atomic mass is 10.2. The molecule has 0 aliphatic carbocycles. The van der Waals surface area contributed by atoms with Gasteiger partial charge in [0.1, 0.15) is 5.60 Å². The van der Waals surface area contributed by atoms with Gasteiger partial charge in [-0.2, -0.15) is 13.2 Å². The van der Waals surface area contributed by atoms with Crippen LogP contribution in [0.15, 0.2) is 18.2 Å². The van der Waals surface area contributed by atoms with E-state index in [1.807, 2.05) is 4.90 Å². The summed E-state index contributed by atoms with van der Waals surface area (Å²) in [4.78, 5) is 20.1. The zero-order valence-electron chi connectivity index (χ0n) is 15.8. The lowest BCUT2D eigenvalue weighted by Crippen LogP contribution is -2.57. The number of hydrogen-bond donors (Lipinski definition) is 1. The molecule has 6 nitrogen and oxygen atoms in total. The van der Waals surface area contributed by atoms with Crippen molar-refractivity contribution in [1.82, 2.24) is 9.88 Å². The average Bonchev–Trinajstić information content (AvgIpc) is 3.01. The van der Waals surface area contributed by atoms with Gasteiger partial charge in [-0.05, 0) is 39.0 Å². The van der Waals surface area contributed by atoms with E-state index < -0.39 is 29.5 Å². The molecule has 1 fully saturated rings. The molecule has 1 aliphatic heterocycles. The van der Waals surface area contributed by atoms with Gasteiger partial charge >= 0.3 is 12.3 Å². The highest BCUT2D eigenvalue weighted by Gasteiger charge is 2.34. The largest absolute Gasteiger partial charge is 0.444 e. The third-order valence-corrected chi connectivity index (χ3v) is 5.35. The van der Waals surface area contributed by atoms with Crippen LogP contribution < -0.4 is 4.90 Å². The third-order valence-electron chi connectivity index (χ3n) is 4.30. The van der Waals surface area contributed by atoms with Crippen molar-refractivity contribution < 1.29 is 27.8 Å². The number of nitrogens with zero attached hydrogens (tertiary/aromatic N) is 3. The first kappa shape index (κ1) is 20.7. The van der Waals surface area contributed by atoms with E-state index in [4.69, 9.17) is 4.74 Å². The Kier molecular flexibility index (Phi) is 5.46. The van der Waals surface area contributed by atoms with Crippen LogP contribution in [0.4, 0.5) is 23.1 Å². The summed E-state index contributed by atoms with van der Waals surface area (Å²) in [5, 5.41) is 10.3. The number of amides is 1.